The first kappa shape index (κ1) is 22.7. The van der Waals surface area contributed by atoms with E-state index in [-0.39, 0.29) is 28.7 Å². The number of nitrogens with zero attached hydrogens (tertiary/aromatic N) is 2. The van der Waals surface area contributed by atoms with E-state index in [2.05, 4.69) is 10.0 Å². The number of nitro benzene ring substituents is 1. The Bertz CT molecular complexity index is 1080. The highest BCUT2D eigenvalue weighted by atomic mass is 32.2. The zero-order valence-corrected chi connectivity index (χ0v) is 18.1. The van der Waals surface area contributed by atoms with Crippen LogP contribution in [0.3, 0.4) is 0 Å². The van der Waals surface area contributed by atoms with Crippen LogP contribution in [0.1, 0.15) is 11.1 Å². The van der Waals surface area contributed by atoms with Gasteiger partial charge in [0.25, 0.3) is 15.7 Å². The molecule has 0 unspecified atom stereocenters. The van der Waals surface area contributed by atoms with Crippen LogP contribution >= 0.6 is 0 Å². The molecule has 0 bridgehead atoms. The minimum Gasteiger partial charge on any atom is -0.379 e. The third-order valence-corrected chi connectivity index (χ3v) is 6.50. The SMILES string of the molecule is Cc1cc([N+](=O)[O-])cc(S(=O)(=O)Nc2ccc(NC(=O)CN3CCOCC3)cc2)c1C. The zero-order chi connectivity index (χ0) is 22.6. The fraction of sp³-hybridized carbons (Fsp3) is 0.350. The molecule has 0 spiro atoms. The Morgan fingerprint density at radius 3 is 2.35 bits per heavy atom. The van der Waals surface area contributed by atoms with Gasteiger partial charge in [0, 0.05) is 36.6 Å². The summed E-state index contributed by atoms with van der Waals surface area (Å²) >= 11 is 0. The van der Waals surface area contributed by atoms with Gasteiger partial charge < -0.3 is 10.1 Å². The Labute approximate surface area is 180 Å². The first-order valence-electron chi connectivity index (χ1n) is 9.64. The molecule has 1 amide bonds. The van der Waals surface area contributed by atoms with Crippen LogP contribution in [-0.2, 0) is 19.6 Å². The molecule has 1 aliphatic rings. The number of hydrogen-bond acceptors (Lipinski definition) is 7. The van der Waals surface area contributed by atoms with Crippen LogP contribution in [0.2, 0.25) is 0 Å². The highest BCUT2D eigenvalue weighted by Gasteiger charge is 2.22. The van der Waals surface area contributed by atoms with E-state index in [4.69, 9.17) is 4.74 Å². The van der Waals surface area contributed by atoms with Gasteiger partial charge in [0.05, 0.1) is 29.6 Å². The molecule has 3 rings (SSSR count). The third-order valence-electron chi connectivity index (χ3n) is 5.00. The molecule has 0 aromatic heterocycles. The molecule has 11 heteroatoms. The summed E-state index contributed by atoms with van der Waals surface area (Å²) in [7, 11) is -4.04. The maximum atomic E-state index is 12.8. The molecule has 1 aliphatic heterocycles. The first-order valence-corrected chi connectivity index (χ1v) is 11.1. The summed E-state index contributed by atoms with van der Waals surface area (Å²) in [4.78, 5) is 24.5. The summed E-state index contributed by atoms with van der Waals surface area (Å²) in [5, 5.41) is 13.9. The summed E-state index contributed by atoms with van der Waals surface area (Å²) in [6.45, 7) is 6.08. The molecule has 0 atom stereocenters. The molecule has 0 radical (unpaired) electrons. The molecule has 0 saturated carbocycles. The monoisotopic (exact) mass is 448 g/mol. The number of aryl methyl sites for hydroxylation is 1. The number of carbonyl (C=O) groups is 1. The molecule has 1 heterocycles. The molecule has 2 aromatic rings. The van der Waals surface area contributed by atoms with Gasteiger partial charge in [0.15, 0.2) is 0 Å². The van der Waals surface area contributed by atoms with E-state index in [1.165, 1.54) is 18.2 Å². The molecule has 0 aliphatic carbocycles. The van der Waals surface area contributed by atoms with Crippen molar-refractivity contribution in [3.8, 4) is 0 Å². The fourth-order valence-corrected chi connectivity index (χ4v) is 4.58. The zero-order valence-electron chi connectivity index (χ0n) is 17.3. The van der Waals surface area contributed by atoms with Crippen molar-refractivity contribution in [2.45, 2.75) is 18.7 Å². The summed E-state index contributed by atoms with van der Waals surface area (Å²) in [6, 6.07) is 8.58. The number of anilines is 2. The van der Waals surface area contributed by atoms with E-state index in [1.807, 2.05) is 4.90 Å². The van der Waals surface area contributed by atoms with E-state index >= 15 is 0 Å². The van der Waals surface area contributed by atoms with E-state index in [9.17, 15) is 23.3 Å². The smallest absolute Gasteiger partial charge is 0.271 e. The molecule has 31 heavy (non-hydrogen) atoms. The number of rotatable bonds is 7. The van der Waals surface area contributed by atoms with Crippen LogP contribution in [-0.4, -0.2) is 57.0 Å². The lowest BCUT2D eigenvalue weighted by Crippen LogP contribution is -2.41. The Balaban J connectivity index is 1.69. The first-order chi connectivity index (χ1) is 14.7. The third kappa shape index (κ3) is 5.78. The predicted molar refractivity (Wildman–Crippen MR) is 116 cm³/mol. The molecular weight excluding hydrogens is 424 g/mol. The maximum Gasteiger partial charge on any atom is 0.271 e. The maximum absolute atomic E-state index is 12.8. The number of morpholine rings is 1. The van der Waals surface area contributed by atoms with Crippen molar-refractivity contribution in [2.75, 3.05) is 42.9 Å². The Morgan fingerprint density at radius 2 is 1.74 bits per heavy atom. The number of amides is 1. The van der Waals surface area contributed by atoms with Crippen LogP contribution < -0.4 is 10.0 Å². The van der Waals surface area contributed by atoms with Crippen LogP contribution in [0.4, 0.5) is 17.1 Å². The number of nitro groups is 1. The van der Waals surface area contributed by atoms with Crippen LogP contribution in [0.5, 0.6) is 0 Å². The minimum absolute atomic E-state index is 0.151. The van der Waals surface area contributed by atoms with Gasteiger partial charge >= 0.3 is 0 Å². The predicted octanol–water partition coefficient (Wildman–Crippen LogP) is 2.28. The second-order valence-corrected chi connectivity index (χ2v) is 8.91. The lowest BCUT2D eigenvalue weighted by atomic mass is 10.1. The van der Waals surface area contributed by atoms with Crippen LogP contribution in [0.15, 0.2) is 41.3 Å². The van der Waals surface area contributed by atoms with Crippen molar-refractivity contribution >= 4 is 33.0 Å². The summed E-state index contributed by atoms with van der Waals surface area (Å²) < 4.78 is 33.3. The van der Waals surface area contributed by atoms with Gasteiger partial charge in [-0.15, -0.1) is 0 Å². The molecule has 166 valence electrons. The van der Waals surface area contributed by atoms with Crippen molar-refractivity contribution in [1.82, 2.24) is 4.90 Å². The molecule has 2 N–H and O–H groups in total. The average Bonchev–Trinajstić information content (AvgIpc) is 2.71. The molecule has 2 aromatic carbocycles. The van der Waals surface area contributed by atoms with E-state index in [0.717, 1.165) is 6.07 Å². The highest BCUT2D eigenvalue weighted by molar-refractivity contribution is 7.92. The summed E-state index contributed by atoms with van der Waals surface area (Å²) in [5.74, 6) is -0.169. The number of nitrogens with one attached hydrogen (secondary N) is 2. The van der Waals surface area contributed by atoms with Gasteiger partial charge in [-0.25, -0.2) is 8.42 Å². The topological polar surface area (TPSA) is 131 Å². The lowest BCUT2D eigenvalue weighted by molar-refractivity contribution is -0.385. The van der Waals surface area contributed by atoms with E-state index < -0.39 is 14.9 Å². The number of ether oxygens (including phenoxy) is 1. The Morgan fingerprint density at radius 1 is 1.13 bits per heavy atom. The van der Waals surface area contributed by atoms with Gasteiger partial charge in [-0.05, 0) is 49.2 Å². The normalized spacial score (nSPS) is 14.8. The number of sulfonamides is 1. The second-order valence-electron chi connectivity index (χ2n) is 7.26. The van der Waals surface area contributed by atoms with Gasteiger partial charge in [-0.2, -0.15) is 0 Å². The van der Waals surface area contributed by atoms with Crippen LogP contribution in [0.25, 0.3) is 0 Å². The van der Waals surface area contributed by atoms with Crippen molar-refractivity contribution in [1.29, 1.82) is 0 Å². The molecule has 1 saturated heterocycles. The number of carbonyl (C=O) groups excluding carboxylic acids is 1. The number of hydrogen-bond donors (Lipinski definition) is 2. The Hall–Kier alpha value is -3.02. The highest BCUT2D eigenvalue weighted by Crippen LogP contribution is 2.27. The van der Waals surface area contributed by atoms with Crippen LogP contribution in [0, 0.1) is 24.0 Å². The van der Waals surface area contributed by atoms with E-state index in [1.54, 1.807) is 26.0 Å². The van der Waals surface area contributed by atoms with Gasteiger partial charge in [0.2, 0.25) is 5.91 Å². The number of benzene rings is 2. The minimum atomic E-state index is -4.04. The second kappa shape index (κ2) is 9.41. The molecular formula is C20H24N4O6S. The summed E-state index contributed by atoms with van der Waals surface area (Å²) in [5.41, 5.74) is 1.46. The van der Waals surface area contributed by atoms with Gasteiger partial charge in [0.1, 0.15) is 0 Å². The van der Waals surface area contributed by atoms with E-state index in [0.29, 0.717) is 43.1 Å². The lowest BCUT2D eigenvalue weighted by Gasteiger charge is -2.25. The van der Waals surface area contributed by atoms with Crippen molar-refractivity contribution < 1.29 is 22.9 Å². The molecule has 10 nitrogen and oxygen atoms in total. The quantitative estimate of drug-likeness (QED) is 0.491. The van der Waals surface area contributed by atoms with Crippen molar-refractivity contribution in [3.05, 3.63) is 57.6 Å². The number of non-ortho nitro benzene ring substituents is 1. The molecule has 1 fully saturated rings. The average molecular weight is 449 g/mol. The Kier molecular flexibility index (Phi) is 6.88. The standard InChI is InChI=1S/C20H24N4O6S/c1-14-11-18(24(26)27)12-19(15(14)2)31(28,29)22-17-5-3-16(4-6-17)21-20(25)13-23-7-9-30-10-8-23/h3-6,11-12,22H,7-10,13H2,1-2H3,(H,21,25). The van der Waals surface area contributed by atoms with Crippen molar-refractivity contribution in [3.63, 3.8) is 0 Å². The van der Waals surface area contributed by atoms with Gasteiger partial charge in [-0.3, -0.25) is 24.5 Å². The fourth-order valence-electron chi connectivity index (χ4n) is 3.19. The van der Waals surface area contributed by atoms with Crippen molar-refractivity contribution in [2.24, 2.45) is 0 Å². The summed E-state index contributed by atoms with van der Waals surface area (Å²) in [6.07, 6.45) is 0. The van der Waals surface area contributed by atoms with Gasteiger partial charge in [-0.1, -0.05) is 0 Å². The largest absolute Gasteiger partial charge is 0.379 e.